The van der Waals surface area contributed by atoms with Crippen molar-refractivity contribution < 1.29 is 17.9 Å². The Labute approximate surface area is 129 Å². The summed E-state index contributed by atoms with van der Waals surface area (Å²) in [6.45, 7) is 1.87. The molecule has 1 N–H and O–H groups in total. The second-order valence-electron chi connectivity index (χ2n) is 4.43. The molecule has 0 spiro atoms. The maximum absolute atomic E-state index is 12.4. The standard InChI is InChI=1S/C15H13BrF3NO/c1-10(11-6-2-3-7-12(11)16)20-13-8-4-5-9-14(13)21-15(17,18)19/h2-10,20H,1H3. The number of ether oxygens (including phenoxy) is 1. The Hall–Kier alpha value is -1.69. The molecule has 112 valence electrons. The van der Waals surface area contributed by atoms with Crippen molar-refractivity contribution in [2.45, 2.75) is 19.3 Å². The van der Waals surface area contributed by atoms with Gasteiger partial charge in [0, 0.05) is 10.5 Å². The largest absolute Gasteiger partial charge is 0.573 e. The van der Waals surface area contributed by atoms with Crippen LogP contribution in [0.2, 0.25) is 0 Å². The van der Waals surface area contributed by atoms with Crippen LogP contribution in [0.5, 0.6) is 5.75 Å². The van der Waals surface area contributed by atoms with E-state index in [9.17, 15) is 13.2 Å². The van der Waals surface area contributed by atoms with Crippen molar-refractivity contribution in [3.63, 3.8) is 0 Å². The van der Waals surface area contributed by atoms with Crippen LogP contribution < -0.4 is 10.1 Å². The van der Waals surface area contributed by atoms with E-state index in [1.165, 1.54) is 12.1 Å². The monoisotopic (exact) mass is 359 g/mol. The van der Waals surface area contributed by atoms with Gasteiger partial charge in [-0.1, -0.05) is 46.3 Å². The van der Waals surface area contributed by atoms with Gasteiger partial charge in [-0.3, -0.25) is 0 Å². The van der Waals surface area contributed by atoms with Gasteiger partial charge in [-0.2, -0.15) is 0 Å². The number of halogens is 4. The quantitative estimate of drug-likeness (QED) is 0.775. The first kappa shape index (κ1) is 15.7. The summed E-state index contributed by atoms with van der Waals surface area (Å²) in [5.41, 5.74) is 1.23. The number of benzene rings is 2. The summed E-state index contributed by atoms with van der Waals surface area (Å²) < 4.78 is 42.1. The molecule has 0 radical (unpaired) electrons. The molecule has 1 unspecified atom stereocenters. The van der Waals surface area contributed by atoms with Crippen LogP contribution in [0.1, 0.15) is 18.5 Å². The Bertz CT molecular complexity index is 616. The first-order chi connectivity index (χ1) is 9.87. The summed E-state index contributed by atoms with van der Waals surface area (Å²) in [7, 11) is 0. The molecule has 0 amide bonds. The van der Waals surface area contributed by atoms with E-state index in [1.807, 2.05) is 31.2 Å². The smallest absolute Gasteiger partial charge is 0.404 e. The first-order valence-electron chi connectivity index (χ1n) is 6.22. The van der Waals surface area contributed by atoms with Gasteiger partial charge in [0.15, 0.2) is 5.75 Å². The number of alkyl halides is 3. The van der Waals surface area contributed by atoms with Gasteiger partial charge in [0.05, 0.1) is 5.69 Å². The van der Waals surface area contributed by atoms with E-state index in [0.29, 0.717) is 0 Å². The second kappa shape index (κ2) is 6.39. The van der Waals surface area contributed by atoms with Gasteiger partial charge in [0.1, 0.15) is 0 Å². The number of para-hydroxylation sites is 2. The topological polar surface area (TPSA) is 21.3 Å². The lowest BCUT2D eigenvalue weighted by atomic mass is 10.1. The zero-order valence-electron chi connectivity index (χ0n) is 11.1. The highest BCUT2D eigenvalue weighted by Crippen LogP contribution is 2.33. The molecule has 0 aliphatic rings. The highest BCUT2D eigenvalue weighted by Gasteiger charge is 2.32. The van der Waals surface area contributed by atoms with Crippen LogP contribution in [0.25, 0.3) is 0 Å². The predicted octanol–water partition coefficient (Wildman–Crippen LogP) is 5.52. The van der Waals surface area contributed by atoms with Crippen LogP contribution >= 0.6 is 15.9 Å². The zero-order valence-corrected chi connectivity index (χ0v) is 12.7. The van der Waals surface area contributed by atoms with E-state index in [1.54, 1.807) is 12.1 Å². The lowest BCUT2D eigenvalue weighted by Gasteiger charge is -2.20. The van der Waals surface area contributed by atoms with Crippen molar-refractivity contribution in [2.75, 3.05) is 5.32 Å². The predicted molar refractivity (Wildman–Crippen MR) is 79.3 cm³/mol. The molecule has 0 fully saturated rings. The summed E-state index contributed by atoms with van der Waals surface area (Å²) in [6.07, 6.45) is -4.71. The van der Waals surface area contributed by atoms with Crippen molar-refractivity contribution in [1.82, 2.24) is 0 Å². The second-order valence-corrected chi connectivity index (χ2v) is 5.29. The van der Waals surface area contributed by atoms with Gasteiger partial charge in [0.25, 0.3) is 0 Å². The highest BCUT2D eigenvalue weighted by molar-refractivity contribution is 9.10. The van der Waals surface area contributed by atoms with E-state index in [2.05, 4.69) is 26.0 Å². The summed E-state index contributed by atoms with van der Waals surface area (Å²) in [5, 5.41) is 3.04. The Morgan fingerprint density at radius 3 is 2.33 bits per heavy atom. The molecule has 2 nitrogen and oxygen atoms in total. The van der Waals surface area contributed by atoms with Crippen molar-refractivity contribution in [2.24, 2.45) is 0 Å². The van der Waals surface area contributed by atoms with Gasteiger partial charge in [-0.05, 0) is 30.7 Å². The fourth-order valence-electron chi connectivity index (χ4n) is 1.94. The van der Waals surface area contributed by atoms with E-state index in [-0.39, 0.29) is 17.5 Å². The van der Waals surface area contributed by atoms with Crippen LogP contribution in [-0.4, -0.2) is 6.36 Å². The van der Waals surface area contributed by atoms with Crippen molar-refractivity contribution in [3.05, 3.63) is 58.6 Å². The average molecular weight is 360 g/mol. The van der Waals surface area contributed by atoms with Crippen LogP contribution in [-0.2, 0) is 0 Å². The van der Waals surface area contributed by atoms with E-state index in [4.69, 9.17) is 0 Å². The molecule has 0 heterocycles. The molecule has 21 heavy (non-hydrogen) atoms. The number of hydrogen-bond acceptors (Lipinski definition) is 2. The van der Waals surface area contributed by atoms with E-state index < -0.39 is 6.36 Å². The summed E-state index contributed by atoms with van der Waals surface area (Å²) in [6, 6.07) is 13.3. The third-order valence-electron chi connectivity index (χ3n) is 2.86. The maximum Gasteiger partial charge on any atom is 0.573 e. The molecule has 2 aromatic rings. The minimum atomic E-state index is -4.71. The Kier molecular flexibility index (Phi) is 4.77. The third-order valence-corrected chi connectivity index (χ3v) is 3.58. The van der Waals surface area contributed by atoms with Crippen molar-refractivity contribution >= 4 is 21.6 Å². The van der Waals surface area contributed by atoms with Crippen LogP contribution in [0.3, 0.4) is 0 Å². The third kappa shape index (κ3) is 4.39. The minimum Gasteiger partial charge on any atom is -0.404 e. The van der Waals surface area contributed by atoms with Crippen LogP contribution in [0.4, 0.5) is 18.9 Å². The molecule has 0 saturated heterocycles. The van der Waals surface area contributed by atoms with Gasteiger partial charge in [-0.25, -0.2) is 0 Å². The minimum absolute atomic E-state index is 0.182. The van der Waals surface area contributed by atoms with Crippen LogP contribution in [0.15, 0.2) is 53.0 Å². The molecule has 6 heteroatoms. The molecule has 0 aromatic heterocycles. The summed E-state index contributed by atoms with van der Waals surface area (Å²) in [4.78, 5) is 0. The van der Waals surface area contributed by atoms with E-state index in [0.717, 1.165) is 10.0 Å². The fraction of sp³-hybridized carbons (Fsp3) is 0.200. The molecule has 2 rings (SSSR count). The number of nitrogens with one attached hydrogen (secondary N) is 1. The number of hydrogen-bond donors (Lipinski definition) is 1. The molecule has 0 bridgehead atoms. The zero-order chi connectivity index (χ0) is 15.5. The Balaban J connectivity index is 2.22. The molecule has 0 aliphatic carbocycles. The summed E-state index contributed by atoms with van der Waals surface area (Å²) in [5.74, 6) is -0.246. The molecule has 0 saturated carbocycles. The molecule has 0 aliphatic heterocycles. The number of rotatable bonds is 4. The number of anilines is 1. The molecular weight excluding hydrogens is 347 g/mol. The Morgan fingerprint density at radius 2 is 1.67 bits per heavy atom. The van der Waals surface area contributed by atoms with Gasteiger partial charge >= 0.3 is 6.36 Å². The molecular formula is C15H13BrF3NO. The van der Waals surface area contributed by atoms with Crippen molar-refractivity contribution in [3.8, 4) is 5.75 Å². The van der Waals surface area contributed by atoms with Gasteiger partial charge in [0.2, 0.25) is 0 Å². The SMILES string of the molecule is CC(Nc1ccccc1OC(F)(F)F)c1ccccc1Br. The fourth-order valence-corrected chi connectivity index (χ4v) is 2.56. The summed E-state index contributed by atoms with van der Waals surface area (Å²) >= 11 is 3.43. The van der Waals surface area contributed by atoms with Crippen molar-refractivity contribution in [1.29, 1.82) is 0 Å². The first-order valence-corrected chi connectivity index (χ1v) is 7.02. The highest BCUT2D eigenvalue weighted by atomic mass is 79.9. The normalized spacial score (nSPS) is 12.8. The van der Waals surface area contributed by atoms with E-state index >= 15 is 0 Å². The molecule has 1 atom stereocenters. The van der Waals surface area contributed by atoms with Crippen LogP contribution in [0, 0.1) is 0 Å². The maximum atomic E-state index is 12.4. The average Bonchev–Trinajstić information content (AvgIpc) is 2.40. The lowest BCUT2D eigenvalue weighted by Crippen LogP contribution is -2.18. The molecule has 2 aromatic carbocycles. The Morgan fingerprint density at radius 1 is 1.05 bits per heavy atom. The lowest BCUT2D eigenvalue weighted by molar-refractivity contribution is -0.274. The van der Waals surface area contributed by atoms with Gasteiger partial charge < -0.3 is 10.1 Å². The van der Waals surface area contributed by atoms with Gasteiger partial charge in [-0.15, -0.1) is 13.2 Å².